The summed E-state index contributed by atoms with van der Waals surface area (Å²) in [4.78, 5) is 32.0. The molecule has 5 heteroatoms. The lowest BCUT2D eigenvalue weighted by atomic mass is 10.0. The van der Waals surface area contributed by atoms with E-state index in [4.69, 9.17) is 0 Å². The summed E-state index contributed by atoms with van der Waals surface area (Å²) >= 11 is 0. The monoisotopic (exact) mass is 467 g/mol. The first-order chi connectivity index (χ1) is 17.2. The van der Waals surface area contributed by atoms with Crippen LogP contribution in [-0.2, 0) is 24.3 Å². The Labute approximate surface area is 208 Å². The summed E-state index contributed by atoms with van der Waals surface area (Å²) in [6, 6.07) is 29.0. The maximum atomic E-state index is 13.3. The van der Waals surface area contributed by atoms with E-state index >= 15 is 0 Å². The van der Waals surface area contributed by atoms with Gasteiger partial charge in [0.1, 0.15) is 0 Å². The molecule has 3 aromatic rings. The van der Waals surface area contributed by atoms with Crippen LogP contribution in [0.3, 0.4) is 0 Å². The molecule has 35 heavy (non-hydrogen) atoms. The van der Waals surface area contributed by atoms with Crippen LogP contribution in [0.1, 0.15) is 42.4 Å². The molecule has 0 bridgehead atoms. The molecule has 1 atom stereocenters. The Hall–Kier alpha value is -3.60. The lowest BCUT2D eigenvalue weighted by molar-refractivity contribution is -0.132. The number of fused-ring (bicyclic) bond motifs is 1. The van der Waals surface area contributed by atoms with Gasteiger partial charge in [-0.05, 0) is 54.5 Å². The second-order valence-electron chi connectivity index (χ2n) is 9.62. The van der Waals surface area contributed by atoms with E-state index in [1.165, 1.54) is 6.42 Å². The number of urea groups is 1. The molecule has 2 heterocycles. The fourth-order valence-corrected chi connectivity index (χ4v) is 5.19. The first-order valence-corrected chi connectivity index (χ1v) is 12.7. The van der Waals surface area contributed by atoms with Crippen LogP contribution >= 0.6 is 0 Å². The van der Waals surface area contributed by atoms with Crippen LogP contribution in [0.4, 0.5) is 10.5 Å². The van der Waals surface area contributed by atoms with Crippen LogP contribution < -0.4 is 4.90 Å². The number of hydrogen-bond donors (Lipinski definition) is 0. The highest BCUT2D eigenvalue weighted by Crippen LogP contribution is 2.29. The molecular formula is C30H33N3O2. The SMILES string of the molecule is O=C(CCc1ccc(N2C[C@@H]3CCCCN3C2=O)cc1)N(Cc1ccccc1)Cc1ccccc1. The summed E-state index contributed by atoms with van der Waals surface area (Å²) in [5.41, 5.74) is 4.33. The second kappa shape index (κ2) is 10.8. The molecule has 3 aromatic carbocycles. The highest BCUT2D eigenvalue weighted by atomic mass is 16.2. The van der Waals surface area contributed by atoms with E-state index in [9.17, 15) is 9.59 Å². The van der Waals surface area contributed by atoms with Gasteiger partial charge in [-0.15, -0.1) is 0 Å². The third-order valence-electron chi connectivity index (χ3n) is 7.16. The van der Waals surface area contributed by atoms with Gasteiger partial charge in [0.15, 0.2) is 0 Å². The number of amides is 3. The van der Waals surface area contributed by atoms with Gasteiger partial charge in [-0.3, -0.25) is 9.69 Å². The van der Waals surface area contributed by atoms with E-state index in [0.29, 0.717) is 32.0 Å². The van der Waals surface area contributed by atoms with Crippen molar-refractivity contribution in [3.63, 3.8) is 0 Å². The zero-order chi connectivity index (χ0) is 24.0. The van der Waals surface area contributed by atoms with Crippen molar-refractivity contribution in [1.29, 1.82) is 0 Å². The first-order valence-electron chi connectivity index (χ1n) is 12.7. The maximum Gasteiger partial charge on any atom is 0.324 e. The summed E-state index contributed by atoms with van der Waals surface area (Å²) in [6.07, 6.45) is 4.56. The minimum absolute atomic E-state index is 0.134. The Balaban J connectivity index is 1.21. The van der Waals surface area contributed by atoms with Crippen LogP contribution in [0.25, 0.3) is 0 Å². The summed E-state index contributed by atoms with van der Waals surface area (Å²) < 4.78 is 0. The maximum absolute atomic E-state index is 13.3. The van der Waals surface area contributed by atoms with Gasteiger partial charge in [0.25, 0.3) is 0 Å². The van der Waals surface area contributed by atoms with E-state index < -0.39 is 0 Å². The van der Waals surface area contributed by atoms with Crippen molar-refractivity contribution < 1.29 is 9.59 Å². The Morgan fingerprint density at radius 1 is 0.800 bits per heavy atom. The molecule has 2 fully saturated rings. The number of hydrogen-bond acceptors (Lipinski definition) is 2. The molecule has 5 nitrogen and oxygen atoms in total. The molecule has 2 aliphatic heterocycles. The number of carbonyl (C=O) groups excluding carboxylic acids is 2. The number of aryl methyl sites for hydroxylation is 1. The lowest BCUT2D eigenvalue weighted by Crippen LogP contribution is -2.38. The molecule has 0 aromatic heterocycles. The molecule has 3 amide bonds. The number of piperidine rings is 1. The van der Waals surface area contributed by atoms with Crippen LogP contribution in [0.2, 0.25) is 0 Å². The molecule has 0 spiro atoms. The molecule has 2 saturated heterocycles. The van der Waals surface area contributed by atoms with Gasteiger partial charge in [0.05, 0.1) is 6.04 Å². The Kier molecular flexibility index (Phi) is 7.12. The lowest BCUT2D eigenvalue weighted by Gasteiger charge is -2.27. The van der Waals surface area contributed by atoms with E-state index in [1.807, 2.05) is 63.2 Å². The number of carbonyl (C=O) groups is 2. The molecule has 2 aliphatic rings. The molecular weight excluding hydrogens is 434 g/mol. The van der Waals surface area contributed by atoms with E-state index in [-0.39, 0.29) is 11.9 Å². The fraction of sp³-hybridized carbons (Fsp3) is 0.333. The number of nitrogens with zero attached hydrogens (tertiary/aromatic N) is 3. The smallest absolute Gasteiger partial charge is 0.324 e. The minimum Gasteiger partial charge on any atom is -0.334 e. The van der Waals surface area contributed by atoms with Crippen molar-refractivity contribution in [2.24, 2.45) is 0 Å². The molecule has 180 valence electrons. The summed E-state index contributed by atoms with van der Waals surface area (Å²) in [6.45, 7) is 2.86. The number of anilines is 1. The second-order valence-corrected chi connectivity index (χ2v) is 9.62. The van der Waals surface area contributed by atoms with Crippen molar-refractivity contribution in [1.82, 2.24) is 9.80 Å². The van der Waals surface area contributed by atoms with Crippen LogP contribution in [0.5, 0.6) is 0 Å². The predicted molar refractivity (Wildman–Crippen MR) is 139 cm³/mol. The third kappa shape index (κ3) is 5.56. The van der Waals surface area contributed by atoms with E-state index in [2.05, 4.69) is 36.4 Å². The van der Waals surface area contributed by atoms with Gasteiger partial charge < -0.3 is 9.80 Å². The van der Waals surface area contributed by atoms with Crippen LogP contribution in [0.15, 0.2) is 84.9 Å². The van der Waals surface area contributed by atoms with Gasteiger partial charge in [-0.25, -0.2) is 4.79 Å². The molecule has 0 unspecified atom stereocenters. The Morgan fingerprint density at radius 2 is 1.43 bits per heavy atom. The zero-order valence-corrected chi connectivity index (χ0v) is 20.2. The van der Waals surface area contributed by atoms with Gasteiger partial charge in [0, 0.05) is 38.3 Å². The molecule has 0 saturated carbocycles. The van der Waals surface area contributed by atoms with Crippen molar-refractivity contribution >= 4 is 17.6 Å². The van der Waals surface area contributed by atoms with Crippen LogP contribution in [0, 0.1) is 0 Å². The van der Waals surface area contributed by atoms with Gasteiger partial charge in [0.2, 0.25) is 5.91 Å². The van der Waals surface area contributed by atoms with Gasteiger partial charge in [-0.2, -0.15) is 0 Å². The largest absolute Gasteiger partial charge is 0.334 e. The van der Waals surface area contributed by atoms with Crippen molar-refractivity contribution in [3.8, 4) is 0 Å². The molecule has 0 aliphatic carbocycles. The summed E-state index contributed by atoms with van der Waals surface area (Å²) in [5.74, 6) is 0.147. The highest BCUT2D eigenvalue weighted by molar-refractivity contribution is 5.94. The fourth-order valence-electron chi connectivity index (χ4n) is 5.19. The predicted octanol–water partition coefficient (Wildman–Crippen LogP) is 5.64. The van der Waals surface area contributed by atoms with Crippen molar-refractivity contribution in [3.05, 3.63) is 102 Å². The average molecular weight is 468 g/mol. The molecule has 0 radical (unpaired) electrons. The normalized spacial score (nSPS) is 17.4. The van der Waals surface area contributed by atoms with Crippen LogP contribution in [-0.4, -0.2) is 40.9 Å². The van der Waals surface area contributed by atoms with E-state index in [0.717, 1.165) is 48.3 Å². The number of benzene rings is 3. The average Bonchev–Trinajstić information content (AvgIpc) is 3.25. The zero-order valence-electron chi connectivity index (χ0n) is 20.2. The van der Waals surface area contributed by atoms with Crippen molar-refractivity contribution in [2.45, 2.75) is 51.2 Å². The minimum atomic E-state index is 0.134. The van der Waals surface area contributed by atoms with Gasteiger partial charge in [-0.1, -0.05) is 72.8 Å². The topological polar surface area (TPSA) is 43.9 Å². The van der Waals surface area contributed by atoms with E-state index in [1.54, 1.807) is 0 Å². The Bertz CT molecular complexity index is 1090. The molecule has 0 N–H and O–H groups in total. The quantitative estimate of drug-likeness (QED) is 0.430. The Morgan fingerprint density at radius 3 is 2.03 bits per heavy atom. The summed E-state index contributed by atoms with van der Waals surface area (Å²) in [5, 5.41) is 0. The number of rotatable bonds is 8. The summed E-state index contributed by atoms with van der Waals surface area (Å²) in [7, 11) is 0. The standard InChI is InChI=1S/C30H33N3O2/c34-29(31(21-25-9-3-1-4-10-25)22-26-11-5-2-6-12-26)19-16-24-14-17-27(18-15-24)33-23-28-13-7-8-20-32(28)30(33)35/h1-6,9-12,14-15,17-18,28H,7-8,13,16,19-23H2/t28-/m0/s1. The first kappa shape index (κ1) is 23.2. The molecule has 5 rings (SSSR count). The highest BCUT2D eigenvalue weighted by Gasteiger charge is 2.38. The van der Waals surface area contributed by atoms with Gasteiger partial charge >= 0.3 is 6.03 Å². The van der Waals surface area contributed by atoms with Crippen molar-refractivity contribution in [2.75, 3.05) is 18.0 Å². The third-order valence-corrected chi connectivity index (χ3v) is 7.16.